The van der Waals surface area contributed by atoms with Gasteiger partial charge in [0.25, 0.3) is 0 Å². The number of nitrogens with one attached hydrogen (secondary N) is 1. The second-order valence-corrected chi connectivity index (χ2v) is 8.90. The van der Waals surface area contributed by atoms with E-state index in [9.17, 15) is 4.79 Å². The Labute approximate surface area is 200 Å². The van der Waals surface area contributed by atoms with Gasteiger partial charge in [-0.15, -0.1) is 0 Å². The molecule has 178 valence electrons. The van der Waals surface area contributed by atoms with Crippen LogP contribution in [0.25, 0.3) is 5.69 Å². The number of benzene rings is 2. The number of likely N-dealkylation sites (tertiary alicyclic amines) is 1. The molecule has 2 aliphatic heterocycles. The third-order valence-electron chi connectivity index (χ3n) is 7.10. The van der Waals surface area contributed by atoms with Crippen LogP contribution in [0.1, 0.15) is 30.5 Å². The number of anilines is 1. The Balaban J connectivity index is 1.25. The zero-order chi connectivity index (χ0) is 23.7. The summed E-state index contributed by atoms with van der Waals surface area (Å²) in [5.74, 6) is 1.95. The van der Waals surface area contributed by atoms with Crippen LogP contribution in [0, 0.1) is 0 Å². The second-order valence-electron chi connectivity index (χ2n) is 8.90. The molecule has 1 amide bonds. The van der Waals surface area contributed by atoms with E-state index in [0.29, 0.717) is 30.1 Å². The topological polar surface area (TPSA) is 65.0 Å². The van der Waals surface area contributed by atoms with E-state index in [4.69, 9.17) is 14.2 Å². The molecule has 34 heavy (non-hydrogen) atoms. The van der Waals surface area contributed by atoms with E-state index in [0.717, 1.165) is 37.2 Å². The van der Waals surface area contributed by atoms with E-state index in [2.05, 4.69) is 52.5 Å². The third-order valence-corrected chi connectivity index (χ3v) is 7.10. The number of aromatic nitrogens is 1. The lowest BCUT2D eigenvalue weighted by atomic mass is 9.82. The highest BCUT2D eigenvalue weighted by Gasteiger charge is 2.42. The quantitative estimate of drug-likeness (QED) is 0.590. The molecule has 2 aliphatic rings. The van der Waals surface area contributed by atoms with Gasteiger partial charge < -0.3 is 29.0 Å². The number of amides is 1. The number of para-hydroxylation sites is 2. The van der Waals surface area contributed by atoms with Gasteiger partial charge in [0.05, 0.1) is 38.2 Å². The molecule has 1 spiro atoms. The summed E-state index contributed by atoms with van der Waals surface area (Å²) in [6.45, 7) is 1.46. The highest BCUT2D eigenvalue weighted by molar-refractivity contribution is 5.77. The Bertz CT molecular complexity index is 1170. The van der Waals surface area contributed by atoms with Gasteiger partial charge in [-0.3, -0.25) is 4.79 Å². The molecule has 7 heteroatoms. The van der Waals surface area contributed by atoms with Crippen molar-refractivity contribution < 1.29 is 19.0 Å². The zero-order valence-electron chi connectivity index (χ0n) is 20.0. The number of fused-ring (bicyclic) bond motifs is 4. The maximum absolute atomic E-state index is 13.1. The molecule has 0 bridgehead atoms. The second kappa shape index (κ2) is 8.97. The number of aryl methyl sites for hydroxylation is 1. The Morgan fingerprint density at radius 3 is 2.35 bits per heavy atom. The fourth-order valence-electron chi connectivity index (χ4n) is 5.30. The maximum atomic E-state index is 13.1. The Morgan fingerprint density at radius 2 is 1.68 bits per heavy atom. The van der Waals surface area contributed by atoms with Crippen molar-refractivity contribution in [2.45, 2.75) is 31.2 Å². The van der Waals surface area contributed by atoms with Gasteiger partial charge in [0, 0.05) is 31.4 Å². The molecular formula is C27H31N3O4. The largest absolute Gasteiger partial charge is 0.493 e. The molecule has 3 heterocycles. The first kappa shape index (κ1) is 22.2. The summed E-state index contributed by atoms with van der Waals surface area (Å²) in [4.78, 5) is 15.1. The van der Waals surface area contributed by atoms with E-state index in [1.165, 1.54) is 11.4 Å². The molecule has 1 aromatic heterocycles. The van der Waals surface area contributed by atoms with Gasteiger partial charge >= 0.3 is 0 Å². The summed E-state index contributed by atoms with van der Waals surface area (Å²) < 4.78 is 18.6. The Morgan fingerprint density at radius 1 is 0.971 bits per heavy atom. The number of piperidine rings is 1. The van der Waals surface area contributed by atoms with Gasteiger partial charge in [-0.05, 0) is 61.2 Å². The Hall–Kier alpha value is -3.61. The molecule has 7 nitrogen and oxygen atoms in total. The number of carbonyl (C=O) groups is 1. The standard InChI is InChI=1S/C27H31N3O4/c1-32-22-17-19(18-23(33-2)26(22)34-3)10-11-25(31)29-15-12-27(13-16-29)24-9-6-14-30(24)21-8-5-4-7-20(21)28-27/h4-9,14,17-18,28H,10-13,15-16H2,1-3H3. The Kier molecular flexibility index (Phi) is 5.86. The first-order valence-corrected chi connectivity index (χ1v) is 11.7. The van der Waals surface area contributed by atoms with Gasteiger partial charge in [-0.2, -0.15) is 0 Å². The van der Waals surface area contributed by atoms with Crippen molar-refractivity contribution in [1.82, 2.24) is 9.47 Å². The summed E-state index contributed by atoms with van der Waals surface area (Å²) in [6.07, 6.45) is 4.94. The number of hydrogen-bond acceptors (Lipinski definition) is 5. The zero-order valence-corrected chi connectivity index (χ0v) is 20.0. The number of hydrogen-bond donors (Lipinski definition) is 1. The number of ether oxygens (including phenoxy) is 3. The highest BCUT2D eigenvalue weighted by Crippen LogP contribution is 2.43. The van der Waals surface area contributed by atoms with Crippen molar-refractivity contribution in [1.29, 1.82) is 0 Å². The predicted octanol–water partition coefficient (Wildman–Crippen LogP) is 4.38. The van der Waals surface area contributed by atoms with Crippen LogP contribution in [-0.4, -0.2) is 49.8 Å². The number of methoxy groups -OCH3 is 3. The van der Waals surface area contributed by atoms with E-state index < -0.39 is 0 Å². The van der Waals surface area contributed by atoms with Crippen LogP contribution in [0.2, 0.25) is 0 Å². The van der Waals surface area contributed by atoms with Gasteiger partial charge in [0.2, 0.25) is 11.7 Å². The smallest absolute Gasteiger partial charge is 0.222 e. The number of carbonyl (C=O) groups excluding carboxylic acids is 1. The van der Waals surface area contributed by atoms with Crippen LogP contribution in [0.3, 0.4) is 0 Å². The number of rotatable bonds is 6. The maximum Gasteiger partial charge on any atom is 0.222 e. The van der Waals surface area contributed by atoms with Crippen LogP contribution < -0.4 is 19.5 Å². The molecule has 2 aromatic carbocycles. The van der Waals surface area contributed by atoms with Gasteiger partial charge in [0.1, 0.15) is 0 Å². The highest BCUT2D eigenvalue weighted by atomic mass is 16.5. The van der Waals surface area contributed by atoms with Crippen LogP contribution in [0.15, 0.2) is 54.7 Å². The first-order valence-electron chi connectivity index (χ1n) is 11.7. The summed E-state index contributed by atoms with van der Waals surface area (Å²) in [5, 5.41) is 3.81. The van der Waals surface area contributed by atoms with Crippen molar-refractivity contribution in [2.75, 3.05) is 39.7 Å². The average Bonchev–Trinajstić information content (AvgIpc) is 3.38. The molecule has 5 rings (SSSR count). The molecule has 1 N–H and O–H groups in total. The van der Waals surface area contributed by atoms with Crippen molar-refractivity contribution >= 4 is 11.6 Å². The molecule has 1 fully saturated rings. The monoisotopic (exact) mass is 461 g/mol. The molecule has 1 saturated heterocycles. The molecule has 0 unspecified atom stereocenters. The molecule has 0 radical (unpaired) electrons. The minimum atomic E-state index is -0.147. The van der Waals surface area contributed by atoms with Crippen molar-refractivity contribution in [3.8, 4) is 22.9 Å². The third kappa shape index (κ3) is 3.75. The van der Waals surface area contributed by atoms with Crippen LogP contribution >= 0.6 is 0 Å². The summed E-state index contributed by atoms with van der Waals surface area (Å²) in [6, 6.07) is 16.5. The average molecular weight is 462 g/mol. The van der Waals surface area contributed by atoms with Crippen LogP contribution in [0.5, 0.6) is 17.2 Å². The molecule has 0 atom stereocenters. The van der Waals surface area contributed by atoms with Crippen LogP contribution in [0.4, 0.5) is 5.69 Å². The normalized spacial score (nSPS) is 15.8. The predicted molar refractivity (Wildman–Crippen MR) is 131 cm³/mol. The van der Waals surface area contributed by atoms with Crippen molar-refractivity contribution in [3.63, 3.8) is 0 Å². The van der Waals surface area contributed by atoms with Gasteiger partial charge in [-0.25, -0.2) is 0 Å². The van der Waals surface area contributed by atoms with E-state index in [-0.39, 0.29) is 11.4 Å². The van der Waals surface area contributed by atoms with E-state index in [1.807, 2.05) is 17.0 Å². The fourth-order valence-corrected chi connectivity index (χ4v) is 5.30. The lowest BCUT2D eigenvalue weighted by molar-refractivity contribution is -0.132. The lowest BCUT2D eigenvalue weighted by Gasteiger charge is -2.46. The van der Waals surface area contributed by atoms with Gasteiger partial charge in [0.15, 0.2) is 11.5 Å². The summed E-state index contributed by atoms with van der Waals surface area (Å²) in [7, 11) is 4.79. The molecule has 0 aliphatic carbocycles. The van der Waals surface area contributed by atoms with Crippen LogP contribution in [-0.2, 0) is 16.8 Å². The SMILES string of the molecule is COc1cc(CCC(=O)N2CCC3(CC2)Nc2ccccc2-n2cccc23)cc(OC)c1OC. The minimum absolute atomic E-state index is 0.147. The summed E-state index contributed by atoms with van der Waals surface area (Å²) >= 11 is 0. The molecule has 0 saturated carbocycles. The fraction of sp³-hybridized carbons (Fsp3) is 0.370. The summed E-state index contributed by atoms with van der Waals surface area (Å²) in [5.41, 5.74) is 4.44. The number of nitrogens with zero attached hydrogens (tertiary/aromatic N) is 2. The van der Waals surface area contributed by atoms with Gasteiger partial charge in [-0.1, -0.05) is 12.1 Å². The van der Waals surface area contributed by atoms with E-state index >= 15 is 0 Å². The minimum Gasteiger partial charge on any atom is -0.493 e. The lowest BCUT2D eigenvalue weighted by Crippen LogP contribution is -2.51. The van der Waals surface area contributed by atoms with Crippen molar-refractivity contribution in [3.05, 3.63) is 66.0 Å². The molecule has 3 aromatic rings. The molecular weight excluding hydrogens is 430 g/mol. The first-order chi connectivity index (χ1) is 16.6. The van der Waals surface area contributed by atoms with Crippen molar-refractivity contribution in [2.24, 2.45) is 0 Å². The van der Waals surface area contributed by atoms with E-state index in [1.54, 1.807) is 21.3 Å².